The van der Waals surface area contributed by atoms with Crippen LogP contribution in [0.4, 0.5) is 0 Å². The highest BCUT2D eigenvalue weighted by atomic mass is 16.2. The summed E-state index contributed by atoms with van der Waals surface area (Å²) in [7, 11) is 0. The molecule has 2 aromatic rings. The molecule has 120 valence electrons. The Kier molecular flexibility index (Phi) is 3.57. The molecule has 2 aliphatic rings. The molecule has 3 heterocycles. The van der Waals surface area contributed by atoms with Gasteiger partial charge in [0, 0.05) is 24.2 Å². The maximum absolute atomic E-state index is 13.1. The molecule has 23 heavy (non-hydrogen) atoms. The van der Waals surface area contributed by atoms with Gasteiger partial charge in [0.25, 0.3) is 5.91 Å². The zero-order valence-electron chi connectivity index (χ0n) is 13.6. The number of amides is 1. The van der Waals surface area contributed by atoms with Crippen LogP contribution < -0.4 is 5.32 Å². The van der Waals surface area contributed by atoms with Crippen LogP contribution >= 0.6 is 0 Å². The summed E-state index contributed by atoms with van der Waals surface area (Å²) in [6.45, 7) is 5.91. The van der Waals surface area contributed by atoms with Gasteiger partial charge in [0.05, 0.1) is 11.1 Å². The molecule has 1 aromatic carbocycles. The van der Waals surface area contributed by atoms with E-state index >= 15 is 0 Å². The Labute approximate surface area is 136 Å². The number of aryl methyl sites for hydroxylation is 1. The van der Waals surface area contributed by atoms with Gasteiger partial charge in [-0.15, -0.1) is 0 Å². The molecule has 1 amide bonds. The van der Waals surface area contributed by atoms with Crippen LogP contribution in [0, 0.1) is 12.3 Å². The zero-order valence-corrected chi connectivity index (χ0v) is 13.6. The number of piperidine rings is 1. The molecule has 0 unspecified atom stereocenters. The molecular weight excluding hydrogens is 286 g/mol. The Hall–Kier alpha value is -1.94. The van der Waals surface area contributed by atoms with Crippen molar-refractivity contribution in [2.75, 3.05) is 26.2 Å². The molecule has 0 saturated carbocycles. The number of hydrogen-bond acceptors (Lipinski definition) is 3. The van der Waals surface area contributed by atoms with E-state index in [4.69, 9.17) is 0 Å². The Balaban J connectivity index is 1.65. The van der Waals surface area contributed by atoms with Gasteiger partial charge in [-0.3, -0.25) is 9.78 Å². The summed E-state index contributed by atoms with van der Waals surface area (Å²) >= 11 is 0. The number of likely N-dealkylation sites (tertiary alicyclic amines) is 1. The standard InChI is InChI=1S/C19H23N3O/c1-14-12-16(15-4-2-3-5-17(15)21-14)18(23)22-11-8-19(13-22)6-9-20-10-7-19/h2-5,12,20H,6-11,13H2,1H3. The Bertz CT molecular complexity index is 749. The fraction of sp³-hybridized carbons (Fsp3) is 0.474. The number of benzene rings is 1. The van der Waals surface area contributed by atoms with Crippen molar-refractivity contribution in [1.29, 1.82) is 0 Å². The summed E-state index contributed by atoms with van der Waals surface area (Å²) < 4.78 is 0. The first kappa shape index (κ1) is 14.6. The van der Waals surface area contributed by atoms with Crippen molar-refractivity contribution in [1.82, 2.24) is 15.2 Å². The van der Waals surface area contributed by atoms with Gasteiger partial charge in [0.2, 0.25) is 0 Å². The van der Waals surface area contributed by atoms with Crippen molar-refractivity contribution in [2.24, 2.45) is 5.41 Å². The Morgan fingerprint density at radius 2 is 2.00 bits per heavy atom. The lowest BCUT2D eigenvalue weighted by atomic mass is 9.78. The fourth-order valence-electron chi connectivity index (χ4n) is 4.13. The Morgan fingerprint density at radius 3 is 2.83 bits per heavy atom. The number of pyridine rings is 1. The smallest absolute Gasteiger partial charge is 0.254 e. The molecule has 0 bridgehead atoms. The fourth-order valence-corrected chi connectivity index (χ4v) is 4.13. The van der Waals surface area contributed by atoms with E-state index in [-0.39, 0.29) is 5.91 Å². The lowest BCUT2D eigenvalue weighted by Gasteiger charge is -2.33. The number of rotatable bonds is 1. The molecule has 2 saturated heterocycles. The number of nitrogens with zero attached hydrogens (tertiary/aromatic N) is 2. The van der Waals surface area contributed by atoms with Crippen LogP contribution in [0.5, 0.6) is 0 Å². The predicted molar refractivity (Wildman–Crippen MR) is 91.5 cm³/mol. The third-order valence-corrected chi connectivity index (χ3v) is 5.46. The van der Waals surface area contributed by atoms with E-state index in [2.05, 4.69) is 15.2 Å². The number of fused-ring (bicyclic) bond motifs is 1. The normalized spacial score (nSPS) is 20.3. The first-order valence-corrected chi connectivity index (χ1v) is 8.53. The van der Waals surface area contributed by atoms with Crippen LogP contribution in [-0.4, -0.2) is 42.0 Å². The molecule has 0 aliphatic carbocycles. The van der Waals surface area contributed by atoms with Crippen LogP contribution in [0.1, 0.15) is 35.3 Å². The van der Waals surface area contributed by atoms with Gasteiger partial charge in [-0.2, -0.15) is 0 Å². The van der Waals surface area contributed by atoms with Crippen molar-refractivity contribution in [3.63, 3.8) is 0 Å². The number of aromatic nitrogens is 1. The number of nitrogens with one attached hydrogen (secondary N) is 1. The van der Waals surface area contributed by atoms with E-state index < -0.39 is 0 Å². The lowest BCUT2D eigenvalue weighted by molar-refractivity contribution is 0.0763. The van der Waals surface area contributed by atoms with Gasteiger partial charge in [0.15, 0.2) is 0 Å². The summed E-state index contributed by atoms with van der Waals surface area (Å²) in [4.78, 5) is 19.7. The third-order valence-electron chi connectivity index (χ3n) is 5.46. The number of hydrogen-bond donors (Lipinski definition) is 1. The topological polar surface area (TPSA) is 45.2 Å². The summed E-state index contributed by atoms with van der Waals surface area (Å²) in [6.07, 6.45) is 3.52. The molecule has 2 fully saturated rings. The maximum atomic E-state index is 13.1. The number of carbonyl (C=O) groups excluding carboxylic acids is 1. The minimum Gasteiger partial charge on any atom is -0.338 e. The highest BCUT2D eigenvalue weighted by molar-refractivity contribution is 6.06. The second kappa shape index (κ2) is 5.60. The van der Waals surface area contributed by atoms with E-state index in [0.29, 0.717) is 5.41 Å². The van der Waals surface area contributed by atoms with Crippen LogP contribution in [0.2, 0.25) is 0 Å². The molecule has 4 rings (SSSR count). The lowest BCUT2D eigenvalue weighted by Crippen LogP contribution is -2.39. The number of carbonyl (C=O) groups is 1. The van der Waals surface area contributed by atoms with Crippen molar-refractivity contribution >= 4 is 16.8 Å². The first-order valence-electron chi connectivity index (χ1n) is 8.53. The molecule has 0 radical (unpaired) electrons. The van der Waals surface area contributed by atoms with Gasteiger partial charge >= 0.3 is 0 Å². The van der Waals surface area contributed by atoms with Crippen LogP contribution in [0.25, 0.3) is 10.9 Å². The second-order valence-electron chi connectivity index (χ2n) is 7.06. The van der Waals surface area contributed by atoms with Gasteiger partial charge in [-0.1, -0.05) is 18.2 Å². The predicted octanol–water partition coefficient (Wildman–Crippen LogP) is 2.76. The SMILES string of the molecule is Cc1cc(C(=O)N2CCC3(CCNCC3)C2)c2ccccc2n1. The second-order valence-corrected chi connectivity index (χ2v) is 7.06. The van der Waals surface area contributed by atoms with Crippen molar-refractivity contribution in [2.45, 2.75) is 26.2 Å². The largest absolute Gasteiger partial charge is 0.338 e. The maximum Gasteiger partial charge on any atom is 0.254 e. The summed E-state index contributed by atoms with van der Waals surface area (Å²) in [6, 6.07) is 9.89. The monoisotopic (exact) mass is 309 g/mol. The molecule has 1 spiro atoms. The quantitative estimate of drug-likeness (QED) is 0.881. The van der Waals surface area contributed by atoms with Crippen LogP contribution in [-0.2, 0) is 0 Å². The molecular formula is C19H23N3O. The molecule has 1 N–H and O–H groups in total. The highest BCUT2D eigenvalue weighted by Crippen LogP contribution is 2.39. The zero-order chi connectivity index (χ0) is 15.9. The van der Waals surface area contributed by atoms with Gasteiger partial charge in [0.1, 0.15) is 0 Å². The average molecular weight is 309 g/mol. The van der Waals surface area contributed by atoms with Crippen LogP contribution in [0.15, 0.2) is 30.3 Å². The van der Waals surface area contributed by atoms with Gasteiger partial charge < -0.3 is 10.2 Å². The van der Waals surface area contributed by atoms with Crippen LogP contribution in [0.3, 0.4) is 0 Å². The molecule has 4 heteroatoms. The van der Waals surface area contributed by atoms with Gasteiger partial charge in [-0.25, -0.2) is 0 Å². The van der Waals surface area contributed by atoms with Crippen molar-refractivity contribution in [3.05, 3.63) is 41.6 Å². The van der Waals surface area contributed by atoms with E-state index in [1.165, 1.54) is 12.8 Å². The third kappa shape index (κ3) is 2.61. The van der Waals surface area contributed by atoms with E-state index in [1.54, 1.807) is 0 Å². The summed E-state index contributed by atoms with van der Waals surface area (Å²) in [5.41, 5.74) is 2.97. The van der Waals surface area contributed by atoms with Crippen molar-refractivity contribution in [3.8, 4) is 0 Å². The Morgan fingerprint density at radius 1 is 1.22 bits per heavy atom. The molecule has 1 aromatic heterocycles. The van der Waals surface area contributed by atoms with E-state index in [0.717, 1.165) is 54.8 Å². The van der Waals surface area contributed by atoms with Crippen molar-refractivity contribution < 1.29 is 4.79 Å². The van der Waals surface area contributed by atoms with E-state index in [1.807, 2.05) is 37.3 Å². The average Bonchev–Trinajstić information content (AvgIpc) is 2.97. The summed E-state index contributed by atoms with van der Waals surface area (Å²) in [5.74, 6) is 0.169. The highest BCUT2D eigenvalue weighted by Gasteiger charge is 2.40. The minimum absolute atomic E-state index is 0.169. The minimum atomic E-state index is 0.169. The molecule has 2 aliphatic heterocycles. The molecule has 0 atom stereocenters. The first-order chi connectivity index (χ1) is 11.2. The van der Waals surface area contributed by atoms with Gasteiger partial charge in [-0.05, 0) is 56.8 Å². The number of para-hydroxylation sites is 1. The molecule has 4 nitrogen and oxygen atoms in total. The summed E-state index contributed by atoms with van der Waals surface area (Å²) in [5, 5.41) is 4.40. The van der Waals surface area contributed by atoms with E-state index in [9.17, 15) is 4.79 Å².